The molecule has 8 heteroatoms. The molecule has 0 aliphatic carbocycles. The third kappa shape index (κ3) is 3.74. The van der Waals surface area contributed by atoms with Crippen LogP contribution in [0.15, 0.2) is 41.4 Å². The van der Waals surface area contributed by atoms with Crippen LogP contribution in [0.4, 0.5) is 0 Å². The Labute approximate surface area is 157 Å². The molecule has 0 radical (unpaired) electrons. The average molecular weight is 366 g/mol. The molecule has 0 saturated carbocycles. The number of amides is 1. The van der Waals surface area contributed by atoms with Crippen LogP contribution in [0.5, 0.6) is 0 Å². The van der Waals surface area contributed by atoms with Gasteiger partial charge in [0.05, 0.1) is 11.8 Å². The van der Waals surface area contributed by atoms with Crippen molar-refractivity contribution in [2.45, 2.75) is 45.2 Å². The van der Waals surface area contributed by atoms with E-state index in [0.717, 1.165) is 37.9 Å². The number of aryl methyl sites for hydroxylation is 2. The Balaban J connectivity index is 1.39. The molecule has 1 fully saturated rings. The summed E-state index contributed by atoms with van der Waals surface area (Å²) in [6.07, 6.45) is 10.4. The third-order valence-electron chi connectivity index (χ3n) is 4.94. The first-order valence-electron chi connectivity index (χ1n) is 9.31. The summed E-state index contributed by atoms with van der Waals surface area (Å²) in [5.41, 5.74) is 1.51. The minimum absolute atomic E-state index is 0.0581. The monoisotopic (exact) mass is 366 g/mol. The van der Waals surface area contributed by atoms with Crippen molar-refractivity contribution in [3.05, 3.63) is 48.3 Å². The van der Waals surface area contributed by atoms with Crippen molar-refractivity contribution in [2.75, 3.05) is 6.54 Å². The molecule has 0 bridgehead atoms. The summed E-state index contributed by atoms with van der Waals surface area (Å²) in [6.45, 7) is 3.55. The van der Waals surface area contributed by atoms with Crippen molar-refractivity contribution >= 4 is 5.91 Å². The molecule has 1 saturated heterocycles. The second-order valence-electron chi connectivity index (χ2n) is 6.67. The summed E-state index contributed by atoms with van der Waals surface area (Å²) in [6, 6.07) is 3.88. The molecule has 1 unspecified atom stereocenters. The first kappa shape index (κ1) is 17.4. The summed E-state index contributed by atoms with van der Waals surface area (Å²) < 4.78 is 7.12. The van der Waals surface area contributed by atoms with Crippen molar-refractivity contribution < 1.29 is 9.32 Å². The van der Waals surface area contributed by atoms with E-state index in [1.807, 2.05) is 30.2 Å². The number of carbonyl (C=O) groups is 1. The average Bonchev–Trinajstić information content (AvgIpc) is 3.47. The predicted octanol–water partition coefficient (Wildman–Crippen LogP) is 2.59. The number of hydrogen-bond donors (Lipinski definition) is 0. The Morgan fingerprint density at radius 2 is 2.19 bits per heavy atom. The number of likely N-dealkylation sites (tertiary alicyclic amines) is 1. The SMILES string of the molecule is CCn1cc(C(=O)N2CCCC2CCc2noc(-c3ccncc3)n2)cn1. The molecule has 0 N–H and O–H groups in total. The summed E-state index contributed by atoms with van der Waals surface area (Å²) in [4.78, 5) is 23.2. The summed E-state index contributed by atoms with van der Waals surface area (Å²) in [7, 11) is 0. The van der Waals surface area contributed by atoms with Crippen molar-refractivity contribution in [3.8, 4) is 11.5 Å². The highest BCUT2D eigenvalue weighted by molar-refractivity contribution is 5.94. The van der Waals surface area contributed by atoms with Crippen LogP contribution < -0.4 is 0 Å². The molecule has 3 aromatic rings. The predicted molar refractivity (Wildman–Crippen MR) is 97.8 cm³/mol. The molecule has 4 heterocycles. The van der Waals surface area contributed by atoms with E-state index in [2.05, 4.69) is 20.2 Å². The molecule has 4 rings (SSSR count). The van der Waals surface area contributed by atoms with Gasteiger partial charge in [0.25, 0.3) is 11.8 Å². The quantitative estimate of drug-likeness (QED) is 0.666. The van der Waals surface area contributed by atoms with Crippen LogP contribution in [0.2, 0.25) is 0 Å². The van der Waals surface area contributed by atoms with E-state index < -0.39 is 0 Å². The molecular weight excluding hydrogens is 344 g/mol. The van der Waals surface area contributed by atoms with Gasteiger partial charge in [-0.15, -0.1) is 0 Å². The van der Waals surface area contributed by atoms with Crippen LogP contribution in [0.3, 0.4) is 0 Å². The normalized spacial score (nSPS) is 16.8. The Morgan fingerprint density at radius 1 is 1.33 bits per heavy atom. The molecule has 1 aliphatic rings. The van der Waals surface area contributed by atoms with E-state index in [9.17, 15) is 4.79 Å². The van der Waals surface area contributed by atoms with Crippen molar-refractivity contribution in [2.24, 2.45) is 0 Å². The molecular formula is C19H22N6O2. The molecule has 1 amide bonds. The number of hydrogen-bond acceptors (Lipinski definition) is 6. The highest BCUT2D eigenvalue weighted by Gasteiger charge is 2.30. The van der Waals surface area contributed by atoms with E-state index >= 15 is 0 Å². The number of rotatable bonds is 6. The second-order valence-corrected chi connectivity index (χ2v) is 6.67. The fourth-order valence-corrected chi connectivity index (χ4v) is 3.48. The fourth-order valence-electron chi connectivity index (χ4n) is 3.48. The molecule has 1 atom stereocenters. The Morgan fingerprint density at radius 3 is 2.96 bits per heavy atom. The molecule has 0 aromatic carbocycles. The van der Waals surface area contributed by atoms with Crippen molar-refractivity contribution in [1.29, 1.82) is 0 Å². The maximum Gasteiger partial charge on any atom is 0.258 e. The van der Waals surface area contributed by atoms with E-state index in [1.54, 1.807) is 23.3 Å². The topological polar surface area (TPSA) is 89.9 Å². The lowest BCUT2D eigenvalue weighted by molar-refractivity contribution is 0.0730. The summed E-state index contributed by atoms with van der Waals surface area (Å²) in [5.74, 6) is 1.22. The second kappa shape index (κ2) is 7.69. The van der Waals surface area contributed by atoms with Gasteiger partial charge in [-0.2, -0.15) is 10.1 Å². The van der Waals surface area contributed by atoms with Gasteiger partial charge in [0.1, 0.15) is 0 Å². The minimum Gasteiger partial charge on any atom is -0.336 e. The Hall–Kier alpha value is -3.03. The van der Waals surface area contributed by atoms with Gasteiger partial charge < -0.3 is 9.42 Å². The minimum atomic E-state index is 0.0581. The van der Waals surface area contributed by atoms with Gasteiger partial charge in [0.15, 0.2) is 5.82 Å². The standard InChI is InChI=1S/C19H22N6O2/c1-2-24-13-15(12-21-24)19(26)25-11-3-4-16(25)5-6-17-22-18(27-23-17)14-7-9-20-10-8-14/h7-10,12-13,16H,2-6,11H2,1H3. The Kier molecular flexibility index (Phi) is 4.95. The number of pyridine rings is 1. The highest BCUT2D eigenvalue weighted by Crippen LogP contribution is 2.24. The molecule has 1 aliphatic heterocycles. The Bertz CT molecular complexity index is 904. The van der Waals surface area contributed by atoms with Gasteiger partial charge in [0, 0.05) is 49.7 Å². The van der Waals surface area contributed by atoms with Gasteiger partial charge in [-0.1, -0.05) is 5.16 Å². The van der Waals surface area contributed by atoms with Crippen LogP contribution >= 0.6 is 0 Å². The smallest absolute Gasteiger partial charge is 0.258 e. The molecule has 8 nitrogen and oxygen atoms in total. The zero-order valence-electron chi connectivity index (χ0n) is 15.3. The van der Waals surface area contributed by atoms with Gasteiger partial charge in [-0.25, -0.2) is 0 Å². The van der Waals surface area contributed by atoms with Crippen LogP contribution in [-0.2, 0) is 13.0 Å². The molecule has 0 spiro atoms. The number of carbonyl (C=O) groups excluding carboxylic acids is 1. The van der Waals surface area contributed by atoms with Crippen LogP contribution in [0, 0.1) is 0 Å². The first-order valence-corrected chi connectivity index (χ1v) is 9.31. The maximum atomic E-state index is 12.8. The number of aromatic nitrogens is 5. The zero-order valence-corrected chi connectivity index (χ0v) is 15.3. The lowest BCUT2D eigenvalue weighted by Crippen LogP contribution is -2.35. The van der Waals surface area contributed by atoms with Gasteiger partial charge in [-0.05, 0) is 38.3 Å². The lowest BCUT2D eigenvalue weighted by atomic mass is 10.1. The van der Waals surface area contributed by atoms with E-state index in [0.29, 0.717) is 23.7 Å². The molecule has 27 heavy (non-hydrogen) atoms. The maximum absolute atomic E-state index is 12.8. The van der Waals surface area contributed by atoms with Gasteiger partial charge in [-0.3, -0.25) is 14.5 Å². The van der Waals surface area contributed by atoms with Crippen LogP contribution in [0.25, 0.3) is 11.5 Å². The zero-order chi connectivity index (χ0) is 18.6. The van der Waals surface area contributed by atoms with E-state index in [1.165, 1.54) is 0 Å². The number of nitrogens with zero attached hydrogens (tertiary/aromatic N) is 6. The van der Waals surface area contributed by atoms with Crippen molar-refractivity contribution in [3.63, 3.8) is 0 Å². The lowest BCUT2D eigenvalue weighted by Gasteiger charge is -2.23. The fraction of sp³-hybridized carbons (Fsp3) is 0.421. The van der Waals surface area contributed by atoms with Gasteiger partial charge >= 0.3 is 0 Å². The third-order valence-corrected chi connectivity index (χ3v) is 4.94. The summed E-state index contributed by atoms with van der Waals surface area (Å²) >= 11 is 0. The largest absolute Gasteiger partial charge is 0.336 e. The van der Waals surface area contributed by atoms with Crippen LogP contribution in [-0.4, -0.2) is 48.3 Å². The molecule has 140 valence electrons. The summed E-state index contributed by atoms with van der Waals surface area (Å²) in [5, 5.41) is 8.28. The first-order chi connectivity index (χ1) is 13.2. The van der Waals surface area contributed by atoms with E-state index in [-0.39, 0.29) is 11.9 Å². The highest BCUT2D eigenvalue weighted by atomic mass is 16.5. The van der Waals surface area contributed by atoms with Gasteiger partial charge in [0.2, 0.25) is 0 Å². The van der Waals surface area contributed by atoms with E-state index in [4.69, 9.17) is 4.52 Å². The van der Waals surface area contributed by atoms with Crippen molar-refractivity contribution in [1.82, 2.24) is 29.8 Å². The molecule has 3 aromatic heterocycles. The van der Waals surface area contributed by atoms with Crippen LogP contribution in [0.1, 0.15) is 42.4 Å².